The summed E-state index contributed by atoms with van der Waals surface area (Å²) in [4.78, 5) is 11.7. The summed E-state index contributed by atoms with van der Waals surface area (Å²) in [5, 5.41) is 24.0. The van der Waals surface area contributed by atoms with E-state index in [1.165, 1.54) is 6.07 Å². The summed E-state index contributed by atoms with van der Waals surface area (Å²) < 4.78 is 46.4. The second-order valence-electron chi connectivity index (χ2n) is 11.2. The average molecular weight is 647 g/mol. The fourth-order valence-electron chi connectivity index (χ4n) is 5.46. The minimum atomic E-state index is -3.88. The maximum absolute atomic E-state index is 13.1. The highest BCUT2D eigenvalue weighted by atomic mass is 32.2. The van der Waals surface area contributed by atoms with E-state index in [1.807, 2.05) is 39.8 Å². The van der Waals surface area contributed by atoms with Crippen molar-refractivity contribution in [3.8, 4) is 28.4 Å². The molecule has 4 aromatic rings. The average Bonchev–Trinajstić information content (AvgIpc) is 3.02. The molecule has 0 aromatic heterocycles. The Morgan fingerprint density at radius 2 is 1.76 bits per heavy atom. The van der Waals surface area contributed by atoms with Gasteiger partial charge >= 0.3 is 5.97 Å². The Morgan fingerprint density at radius 3 is 2.48 bits per heavy atom. The van der Waals surface area contributed by atoms with Crippen LogP contribution in [-0.2, 0) is 16.6 Å². The number of sulfonamides is 1. The van der Waals surface area contributed by atoms with Gasteiger partial charge in [-0.05, 0) is 98.0 Å². The second kappa shape index (κ2) is 13.8. The van der Waals surface area contributed by atoms with E-state index in [2.05, 4.69) is 10.0 Å². The third-order valence-corrected chi connectivity index (χ3v) is 9.16. The van der Waals surface area contributed by atoms with Crippen LogP contribution in [0.3, 0.4) is 0 Å². The molecule has 0 radical (unpaired) electrons. The number of carbonyl (C=O) groups is 1. The van der Waals surface area contributed by atoms with Crippen LogP contribution in [0.4, 0.5) is 5.69 Å². The molecule has 5 rings (SSSR count). The third-order valence-electron chi connectivity index (χ3n) is 7.80. The van der Waals surface area contributed by atoms with Crippen LogP contribution in [0.5, 0.6) is 17.2 Å². The van der Waals surface area contributed by atoms with Crippen molar-refractivity contribution < 1.29 is 37.6 Å². The largest absolute Gasteiger partial charge is 0.493 e. The van der Waals surface area contributed by atoms with E-state index < -0.39 is 28.1 Å². The number of carboxylic acid groups (broad SMARTS) is 1. The predicted octanol–water partition coefficient (Wildman–Crippen LogP) is 5.85. The lowest BCUT2D eigenvalue weighted by Crippen LogP contribution is -2.35. The molecule has 1 heterocycles. The Morgan fingerprint density at radius 1 is 1.00 bits per heavy atom. The molecule has 242 valence electrons. The number of aryl methyl sites for hydroxylation is 2. The van der Waals surface area contributed by atoms with Gasteiger partial charge in [0, 0.05) is 24.2 Å². The molecule has 1 aliphatic rings. The zero-order valence-corrected chi connectivity index (χ0v) is 27.0. The van der Waals surface area contributed by atoms with Gasteiger partial charge in [0.05, 0.1) is 23.3 Å². The standard InChI is InChI=1S/C35H38N2O8S/c1-5-43-32-18-25(9-11-30(32)35(39)40)26-15-21(2)34(22(3)16-26)44-14-13-36-23(4)33(38)29-12-10-27-19-31(29)37-46(41,42)28-8-6-7-24(17-28)20-45-27/h6-12,15-19,23,33,36-38H,5,13-14,20H2,1-4H3,(H,39,40)/t23-,33-/m0/s1. The normalized spacial score (nSPS) is 14.7. The van der Waals surface area contributed by atoms with Crippen molar-refractivity contribution in [3.05, 3.63) is 101 Å². The summed E-state index contributed by atoms with van der Waals surface area (Å²) in [7, 11) is -3.88. The molecule has 46 heavy (non-hydrogen) atoms. The predicted molar refractivity (Wildman–Crippen MR) is 175 cm³/mol. The van der Waals surface area contributed by atoms with Gasteiger partial charge in [-0.25, -0.2) is 13.2 Å². The monoisotopic (exact) mass is 646 g/mol. The van der Waals surface area contributed by atoms with Crippen molar-refractivity contribution >= 4 is 21.7 Å². The van der Waals surface area contributed by atoms with Crippen LogP contribution >= 0.6 is 0 Å². The minimum absolute atomic E-state index is 0.115. The molecule has 0 saturated heterocycles. The fraction of sp³-hybridized carbons (Fsp3) is 0.286. The number of aromatic carboxylic acids is 1. The molecule has 10 nitrogen and oxygen atoms in total. The van der Waals surface area contributed by atoms with Gasteiger partial charge in [0.15, 0.2) is 0 Å². The first-order chi connectivity index (χ1) is 22.0. The molecule has 0 aliphatic carbocycles. The quantitative estimate of drug-likeness (QED) is 0.148. The van der Waals surface area contributed by atoms with Gasteiger partial charge in [0.25, 0.3) is 10.0 Å². The molecule has 4 N–H and O–H groups in total. The van der Waals surface area contributed by atoms with Crippen molar-refractivity contribution in [2.45, 2.75) is 51.3 Å². The lowest BCUT2D eigenvalue weighted by molar-refractivity contribution is 0.0692. The number of aliphatic hydroxyl groups is 1. The topological polar surface area (TPSA) is 143 Å². The van der Waals surface area contributed by atoms with Gasteiger partial charge in [-0.1, -0.05) is 24.3 Å². The van der Waals surface area contributed by atoms with E-state index in [0.717, 1.165) is 33.6 Å². The van der Waals surface area contributed by atoms with Gasteiger partial charge in [-0.2, -0.15) is 0 Å². The minimum Gasteiger partial charge on any atom is -0.493 e. The van der Waals surface area contributed by atoms with Crippen LogP contribution in [0.25, 0.3) is 11.1 Å². The summed E-state index contributed by atoms with van der Waals surface area (Å²) >= 11 is 0. The Balaban J connectivity index is 1.23. The first kappa shape index (κ1) is 32.8. The lowest BCUT2D eigenvalue weighted by atomic mass is 9.98. The highest BCUT2D eigenvalue weighted by Crippen LogP contribution is 2.34. The Labute approximate surface area is 269 Å². The van der Waals surface area contributed by atoms with E-state index in [-0.39, 0.29) is 22.8 Å². The first-order valence-electron chi connectivity index (χ1n) is 15.0. The summed E-state index contributed by atoms with van der Waals surface area (Å²) in [6.07, 6.45) is -1.03. The molecule has 4 bridgehead atoms. The number of aliphatic hydroxyl groups excluding tert-OH is 1. The van der Waals surface area contributed by atoms with Gasteiger partial charge in [0.2, 0.25) is 0 Å². The van der Waals surface area contributed by atoms with Crippen LogP contribution in [0.2, 0.25) is 0 Å². The van der Waals surface area contributed by atoms with Crippen molar-refractivity contribution in [2.75, 3.05) is 24.5 Å². The van der Waals surface area contributed by atoms with Crippen LogP contribution < -0.4 is 24.2 Å². The van der Waals surface area contributed by atoms with Gasteiger partial charge < -0.3 is 29.7 Å². The summed E-state index contributed by atoms with van der Waals surface area (Å²) in [5.41, 5.74) is 5.10. The number of anilines is 1. The first-order valence-corrected chi connectivity index (χ1v) is 16.5. The number of fused-ring (bicyclic) bond motifs is 4. The highest BCUT2D eigenvalue weighted by molar-refractivity contribution is 7.92. The SMILES string of the molecule is CCOc1cc(-c2cc(C)c(OCCN[C@@H](C)[C@H](O)c3ccc4cc3NS(=O)(=O)c3cccc(c3)CO4)c(C)c2)ccc1C(=O)O. The molecular weight excluding hydrogens is 608 g/mol. The maximum atomic E-state index is 13.1. The van der Waals surface area contributed by atoms with Crippen molar-refractivity contribution in [1.82, 2.24) is 5.32 Å². The van der Waals surface area contributed by atoms with E-state index in [0.29, 0.717) is 36.8 Å². The number of hydrogen-bond donors (Lipinski definition) is 4. The summed E-state index contributed by atoms with van der Waals surface area (Å²) in [5.74, 6) is 0.506. The van der Waals surface area contributed by atoms with Crippen molar-refractivity contribution in [3.63, 3.8) is 0 Å². The maximum Gasteiger partial charge on any atom is 0.339 e. The summed E-state index contributed by atoms with van der Waals surface area (Å²) in [6.45, 7) is 8.84. The van der Waals surface area contributed by atoms with Gasteiger partial charge in [-0.15, -0.1) is 0 Å². The van der Waals surface area contributed by atoms with Crippen molar-refractivity contribution in [2.24, 2.45) is 0 Å². The molecular formula is C35H38N2O8S. The number of hydrogen-bond acceptors (Lipinski definition) is 8. The van der Waals surface area contributed by atoms with E-state index in [4.69, 9.17) is 14.2 Å². The fourth-order valence-corrected chi connectivity index (χ4v) is 6.61. The molecule has 0 saturated carbocycles. The highest BCUT2D eigenvalue weighted by Gasteiger charge is 2.24. The Hall–Kier alpha value is -4.58. The van der Waals surface area contributed by atoms with Crippen LogP contribution in [0, 0.1) is 13.8 Å². The number of carboxylic acids is 1. The second-order valence-corrected chi connectivity index (χ2v) is 12.9. The Kier molecular flexibility index (Phi) is 9.85. The molecule has 1 aliphatic heterocycles. The van der Waals surface area contributed by atoms with Gasteiger partial charge in [-0.3, -0.25) is 4.72 Å². The number of ether oxygens (including phenoxy) is 3. The number of rotatable bonds is 11. The zero-order valence-electron chi connectivity index (χ0n) is 26.2. The molecule has 0 fully saturated rings. The summed E-state index contributed by atoms with van der Waals surface area (Å²) in [6, 6.07) is 20.1. The molecule has 4 aromatic carbocycles. The number of nitrogens with one attached hydrogen (secondary N) is 2. The lowest BCUT2D eigenvalue weighted by Gasteiger charge is -2.24. The Bertz CT molecular complexity index is 1830. The van der Waals surface area contributed by atoms with E-state index >= 15 is 0 Å². The van der Waals surface area contributed by atoms with E-state index in [1.54, 1.807) is 54.6 Å². The molecule has 2 atom stereocenters. The zero-order chi connectivity index (χ0) is 33.0. The molecule has 0 amide bonds. The van der Waals surface area contributed by atoms with Gasteiger partial charge in [0.1, 0.15) is 36.0 Å². The van der Waals surface area contributed by atoms with E-state index in [9.17, 15) is 23.4 Å². The third kappa shape index (κ3) is 7.28. The van der Waals surface area contributed by atoms with Crippen LogP contribution in [0.1, 0.15) is 52.6 Å². The smallest absolute Gasteiger partial charge is 0.339 e. The van der Waals surface area contributed by atoms with Crippen molar-refractivity contribution in [1.29, 1.82) is 0 Å². The van der Waals surface area contributed by atoms with Crippen LogP contribution in [-0.4, -0.2) is 50.4 Å². The molecule has 0 unspecified atom stereocenters. The number of benzene rings is 4. The van der Waals surface area contributed by atoms with Crippen LogP contribution in [0.15, 0.2) is 77.7 Å². The molecule has 0 spiro atoms. The molecule has 11 heteroatoms.